The van der Waals surface area contributed by atoms with E-state index in [1.54, 1.807) is 19.2 Å². The zero-order chi connectivity index (χ0) is 25.1. The first-order valence-electron chi connectivity index (χ1n) is 12.0. The molecule has 8 heteroatoms. The van der Waals surface area contributed by atoms with E-state index < -0.39 is 21.3 Å². The van der Waals surface area contributed by atoms with Crippen LogP contribution in [0.2, 0.25) is 0 Å². The zero-order valence-electron chi connectivity index (χ0n) is 20.1. The maximum atomic E-state index is 14.1. The van der Waals surface area contributed by atoms with E-state index in [0.717, 1.165) is 11.3 Å². The summed E-state index contributed by atoms with van der Waals surface area (Å²) in [6.45, 7) is 1.32. The number of rotatable bonds is 8. The van der Waals surface area contributed by atoms with Crippen molar-refractivity contribution in [3.8, 4) is 5.75 Å². The van der Waals surface area contributed by atoms with Crippen molar-refractivity contribution in [3.63, 3.8) is 0 Å². The molecular weight excluding hydrogens is 474 g/mol. The number of anilines is 1. The number of para-hydroxylation sites is 1. The fraction of sp³-hybridized carbons (Fsp3) is 0.250. The second kappa shape index (κ2) is 10.2. The molecule has 0 bridgehead atoms. The highest BCUT2D eigenvalue weighted by molar-refractivity contribution is 7.90. The van der Waals surface area contributed by atoms with Crippen LogP contribution in [0.15, 0.2) is 85.1 Å². The Hall–Kier alpha value is -3.62. The highest BCUT2D eigenvalue weighted by atomic mass is 32.2. The minimum absolute atomic E-state index is 0.209. The molecule has 1 unspecified atom stereocenters. The van der Waals surface area contributed by atoms with Crippen LogP contribution in [0.5, 0.6) is 5.75 Å². The van der Waals surface area contributed by atoms with E-state index >= 15 is 0 Å². The van der Waals surface area contributed by atoms with Crippen LogP contribution in [-0.4, -0.2) is 43.6 Å². The normalized spacial score (nSPS) is 15.5. The molecule has 7 nitrogen and oxygen atoms in total. The molecule has 0 amide bonds. The monoisotopic (exact) mass is 503 g/mol. The Kier molecular flexibility index (Phi) is 6.80. The molecule has 3 aromatic carbocycles. The first-order valence-corrected chi connectivity index (χ1v) is 13.5. The standard InChI is InChI=1S/C28H29N3O4S/c1-35-22-11-7-10-21(18-22)30-27(20-8-3-2-4-9-20)28(32)25-19-31(26-13-6-5-12-24(25)26)36(33,34)23-14-16-29-17-15-23/h2-13,18-19,23,27,29-30H,14-17H2,1H3. The summed E-state index contributed by atoms with van der Waals surface area (Å²) >= 11 is 0. The second-order valence-electron chi connectivity index (χ2n) is 8.93. The molecule has 1 fully saturated rings. The van der Waals surface area contributed by atoms with Gasteiger partial charge in [-0.05, 0) is 49.7 Å². The second-order valence-corrected chi connectivity index (χ2v) is 11.0. The maximum absolute atomic E-state index is 14.1. The van der Waals surface area contributed by atoms with E-state index in [2.05, 4.69) is 10.6 Å². The number of nitrogens with one attached hydrogen (secondary N) is 2. The first kappa shape index (κ1) is 24.1. The third-order valence-corrected chi connectivity index (χ3v) is 8.87. The molecule has 4 aromatic rings. The van der Waals surface area contributed by atoms with Crippen molar-refractivity contribution in [2.24, 2.45) is 0 Å². The van der Waals surface area contributed by atoms with Gasteiger partial charge in [-0.3, -0.25) is 4.79 Å². The van der Waals surface area contributed by atoms with Crippen LogP contribution >= 0.6 is 0 Å². The smallest absolute Gasteiger partial charge is 0.241 e. The lowest BCUT2D eigenvalue weighted by Crippen LogP contribution is -2.38. The lowest BCUT2D eigenvalue weighted by Gasteiger charge is -2.23. The number of hydrogen-bond acceptors (Lipinski definition) is 6. The lowest BCUT2D eigenvalue weighted by atomic mass is 9.96. The van der Waals surface area contributed by atoms with Gasteiger partial charge in [-0.25, -0.2) is 12.4 Å². The van der Waals surface area contributed by atoms with Gasteiger partial charge in [-0.1, -0.05) is 54.6 Å². The number of aromatic nitrogens is 1. The Balaban J connectivity index is 1.59. The fourth-order valence-electron chi connectivity index (χ4n) is 4.79. The van der Waals surface area contributed by atoms with E-state index in [9.17, 15) is 13.2 Å². The van der Waals surface area contributed by atoms with Gasteiger partial charge in [0.15, 0.2) is 5.78 Å². The molecule has 0 aliphatic carbocycles. The molecule has 1 saturated heterocycles. The van der Waals surface area contributed by atoms with Crippen molar-refractivity contribution in [1.29, 1.82) is 0 Å². The predicted octanol–water partition coefficient (Wildman–Crippen LogP) is 4.62. The number of methoxy groups -OCH3 is 1. The molecule has 36 heavy (non-hydrogen) atoms. The highest BCUT2D eigenvalue weighted by Crippen LogP contribution is 2.32. The SMILES string of the molecule is COc1cccc(NC(C(=O)c2cn(S(=O)(=O)C3CCNCC3)c3ccccc23)c2ccccc2)c1. The third kappa shape index (κ3) is 4.62. The average molecular weight is 504 g/mol. The van der Waals surface area contributed by atoms with Crippen LogP contribution < -0.4 is 15.4 Å². The van der Waals surface area contributed by atoms with Gasteiger partial charge in [0.1, 0.15) is 11.8 Å². The number of ether oxygens (including phenoxy) is 1. The largest absolute Gasteiger partial charge is 0.497 e. The van der Waals surface area contributed by atoms with Gasteiger partial charge in [-0.15, -0.1) is 0 Å². The maximum Gasteiger partial charge on any atom is 0.241 e. The molecule has 0 radical (unpaired) electrons. The van der Waals surface area contributed by atoms with Crippen LogP contribution in [0.3, 0.4) is 0 Å². The van der Waals surface area contributed by atoms with E-state index in [0.29, 0.717) is 48.1 Å². The summed E-state index contributed by atoms with van der Waals surface area (Å²) < 4.78 is 33.9. The molecule has 186 valence electrons. The molecule has 1 atom stereocenters. The van der Waals surface area contributed by atoms with Crippen LogP contribution in [0.4, 0.5) is 5.69 Å². The fourth-order valence-corrected chi connectivity index (χ4v) is 6.63. The molecule has 0 saturated carbocycles. The molecule has 1 aliphatic rings. The number of carbonyl (C=O) groups excluding carboxylic acids is 1. The van der Waals surface area contributed by atoms with E-state index in [4.69, 9.17) is 4.74 Å². The Morgan fingerprint density at radius 2 is 1.72 bits per heavy atom. The van der Waals surface area contributed by atoms with E-state index in [-0.39, 0.29) is 5.78 Å². The number of nitrogens with zero attached hydrogens (tertiary/aromatic N) is 1. The van der Waals surface area contributed by atoms with Crippen LogP contribution in [0.25, 0.3) is 10.9 Å². The van der Waals surface area contributed by atoms with Crippen molar-refractivity contribution in [2.45, 2.75) is 24.1 Å². The van der Waals surface area contributed by atoms with Gasteiger partial charge in [0, 0.05) is 28.9 Å². The summed E-state index contributed by atoms with van der Waals surface area (Å²) in [5, 5.41) is 6.70. The molecule has 5 rings (SSSR count). The quantitative estimate of drug-likeness (QED) is 0.341. The molecule has 0 spiro atoms. The van der Waals surface area contributed by atoms with Gasteiger partial charge in [-0.2, -0.15) is 0 Å². The summed E-state index contributed by atoms with van der Waals surface area (Å²) in [4.78, 5) is 14.1. The van der Waals surface area contributed by atoms with Gasteiger partial charge in [0.25, 0.3) is 0 Å². The average Bonchev–Trinajstić information content (AvgIpc) is 3.33. The summed E-state index contributed by atoms with van der Waals surface area (Å²) in [6, 6.07) is 23.3. The molecule has 2 heterocycles. The highest BCUT2D eigenvalue weighted by Gasteiger charge is 2.32. The predicted molar refractivity (Wildman–Crippen MR) is 142 cm³/mol. The van der Waals surface area contributed by atoms with Crippen molar-refractivity contribution in [2.75, 3.05) is 25.5 Å². The Labute approximate surface area is 211 Å². The zero-order valence-corrected chi connectivity index (χ0v) is 20.9. The summed E-state index contributed by atoms with van der Waals surface area (Å²) in [6.07, 6.45) is 2.60. The van der Waals surface area contributed by atoms with Crippen LogP contribution in [0.1, 0.15) is 34.8 Å². The minimum Gasteiger partial charge on any atom is -0.497 e. The number of benzene rings is 3. The van der Waals surface area contributed by atoms with E-state index in [1.165, 1.54) is 10.2 Å². The summed E-state index contributed by atoms with van der Waals surface area (Å²) in [7, 11) is -2.08. The van der Waals surface area contributed by atoms with Crippen LogP contribution in [-0.2, 0) is 10.0 Å². The molecule has 2 N–H and O–H groups in total. The third-order valence-electron chi connectivity index (χ3n) is 6.70. The Bertz CT molecular complexity index is 1480. The van der Waals surface area contributed by atoms with Crippen molar-refractivity contribution in [3.05, 3.63) is 96.2 Å². The van der Waals surface area contributed by atoms with Gasteiger partial charge in [0.05, 0.1) is 17.9 Å². The van der Waals surface area contributed by atoms with E-state index in [1.807, 2.05) is 66.7 Å². The Morgan fingerprint density at radius 1 is 1.00 bits per heavy atom. The summed E-state index contributed by atoms with van der Waals surface area (Å²) in [5.74, 6) is 0.461. The Morgan fingerprint density at radius 3 is 2.47 bits per heavy atom. The topological polar surface area (TPSA) is 89.4 Å². The molecular formula is C28H29N3O4S. The number of Topliss-reactive ketones (excluding diaryl/α,β-unsaturated/α-hetero) is 1. The van der Waals surface area contributed by atoms with Gasteiger partial charge < -0.3 is 15.4 Å². The minimum atomic E-state index is -3.67. The van der Waals surface area contributed by atoms with Gasteiger partial charge in [0.2, 0.25) is 10.0 Å². The van der Waals surface area contributed by atoms with Crippen molar-refractivity contribution >= 4 is 32.4 Å². The van der Waals surface area contributed by atoms with Crippen LogP contribution in [0, 0.1) is 0 Å². The van der Waals surface area contributed by atoms with Crippen molar-refractivity contribution in [1.82, 2.24) is 9.29 Å². The first-order chi connectivity index (χ1) is 17.5. The lowest BCUT2D eigenvalue weighted by molar-refractivity contribution is 0.0971. The number of hydrogen-bond donors (Lipinski definition) is 2. The number of piperidine rings is 1. The number of ketones is 1. The number of carbonyl (C=O) groups is 1. The number of fused-ring (bicyclic) bond motifs is 1. The molecule has 1 aliphatic heterocycles. The van der Waals surface area contributed by atoms with Gasteiger partial charge >= 0.3 is 0 Å². The van der Waals surface area contributed by atoms with Crippen molar-refractivity contribution < 1.29 is 17.9 Å². The molecule has 1 aromatic heterocycles. The summed E-state index contributed by atoms with van der Waals surface area (Å²) in [5.41, 5.74) is 2.39.